The number of amides is 1. The fourth-order valence-corrected chi connectivity index (χ4v) is 1.56. The summed E-state index contributed by atoms with van der Waals surface area (Å²) in [6, 6.07) is 6.63. The van der Waals surface area contributed by atoms with Gasteiger partial charge in [0.1, 0.15) is 11.3 Å². The second-order valence-corrected chi connectivity index (χ2v) is 4.83. The zero-order valence-corrected chi connectivity index (χ0v) is 11.2. The molecule has 17 heavy (non-hydrogen) atoms. The molecule has 0 heterocycles. The van der Waals surface area contributed by atoms with Gasteiger partial charge in [-0.25, -0.2) is 0 Å². The molecule has 1 amide bonds. The lowest BCUT2D eigenvalue weighted by atomic mass is 10.0. The van der Waals surface area contributed by atoms with Gasteiger partial charge in [0.15, 0.2) is 0 Å². The van der Waals surface area contributed by atoms with E-state index in [1.807, 2.05) is 13.0 Å². The molecule has 0 aliphatic carbocycles. The Labute approximate surface area is 108 Å². The van der Waals surface area contributed by atoms with Crippen molar-refractivity contribution in [3.63, 3.8) is 0 Å². The fourth-order valence-electron chi connectivity index (χ4n) is 1.21. The van der Waals surface area contributed by atoms with Crippen LogP contribution in [0.25, 0.3) is 0 Å². The maximum atomic E-state index is 11.9. The van der Waals surface area contributed by atoms with Gasteiger partial charge in [-0.1, -0.05) is 22.9 Å². The molecule has 1 unspecified atom stereocenters. The number of halogens is 1. The summed E-state index contributed by atoms with van der Waals surface area (Å²) in [5.41, 5.74) is -0.764. The van der Waals surface area contributed by atoms with Crippen LogP contribution >= 0.6 is 15.9 Å². The van der Waals surface area contributed by atoms with Crippen molar-refractivity contribution in [3.05, 3.63) is 28.2 Å². The number of carbonyl (C=O) groups excluding carboxylic acids is 1. The van der Waals surface area contributed by atoms with Crippen molar-refractivity contribution in [3.8, 4) is 11.8 Å². The molecule has 1 aromatic rings. The summed E-state index contributed by atoms with van der Waals surface area (Å²) >= 11 is 3.19. The Kier molecular flexibility index (Phi) is 4.13. The molecule has 0 aliphatic rings. The molecule has 90 valence electrons. The molecule has 0 spiro atoms. The zero-order chi connectivity index (χ0) is 13.1. The van der Waals surface area contributed by atoms with Gasteiger partial charge in [0.05, 0.1) is 11.6 Å². The summed E-state index contributed by atoms with van der Waals surface area (Å²) in [6.07, 6.45) is 0.493. The van der Waals surface area contributed by atoms with E-state index in [2.05, 4.69) is 21.2 Å². The summed E-state index contributed by atoms with van der Waals surface area (Å²) in [5.74, 6) is -0.575. The summed E-state index contributed by atoms with van der Waals surface area (Å²) in [7, 11) is 0. The van der Waals surface area contributed by atoms with Crippen LogP contribution in [-0.2, 0) is 0 Å². The van der Waals surface area contributed by atoms with E-state index in [0.29, 0.717) is 10.9 Å². The molecule has 1 atom stereocenters. The van der Waals surface area contributed by atoms with Crippen LogP contribution < -0.4 is 5.32 Å². The number of nitrogens with one attached hydrogen (secondary N) is 1. The molecule has 0 saturated carbocycles. The summed E-state index contributed by atoms with van der Waals surface area (Å²) < 4.78 is 0.685. The van der Waals surface area contributed by atoms with Crippen molar-refractivity contribution >= 4 is 21.8 Å². The number of nitrogens with zero attached hydrogens (tertiary/aromatic N) is 1. The Morgan fingerprint density at radius 2 is 2.29 bits per heavy atom. The van der Waals surface area contributed by atoms with Gasteiger partial charge in [-0.15, -0.1) is 0 Å². The molecule has 0 bridgehead atoms. The lowest BCUT2D eigenvalue weighted by molar-refractivity contribution is 0.0920. The van der Waals surface area contributed by atoms with Crippen LogP contribution in [0.5, 0.6) is 5.75 Å². The molecule has 1 rings (SSSR count). The van der Waals surface area contributed by atoms with Crippen LogP contribution in [0.4, 0.5) is 0 Å². The average Bonchev–Trinajstić information content (AvgIpc) is 2.28. The van der Waals surface area contributed by atoms with Crippen LogP contribution in [0.15, 0.2) is 22.7 Å². The SMILES string of the molecule is CCC(C)(C#N)NC(=O)c1ccc(Br)cc1O. The Morgan fingerprint density at radius 1 is 1.65 bits per heavy atom. The fraction of sp³-hybridized carbons (Fsp3) is 0.333. The number of hydrogen-bond acceptors (Lipinski definition) is 3. The molecular formula is C12H13BrN2O2. The van der Waals surface area contributed by atoms with E-state index in [9.17, 15) is 9.90 Å². The van der Waals surface area contributed by atoms with Gasteiger partial charge < -0.3 is 10.4 Å². The molecular weight excluding hydrogens is 284 g/mol. The van der Waals surface area contributed by atoms with Crippen molar-refractivity contribution in [2.75, 3.05) is 0 Å². The first kappa shape index (κ1) is 13.5. The highest BCUT2D eigenvalue weighted by molar-refractivity contribution is 9.10. The molecule has 0 fully saturated rings. The smallest absolute Gasteiger partial charge is 0.256 e. The van der Waals surface area contributed by atoms with E-state index in [1.165, 1.54) is 12.1 Å². The van der Waals surface area contributed by atoms with Crippen molar-refractivity contribution < 1.29 is 9.90 Å². The van der Waals surface area contributed by atoms with E-state index in [0.717, 1.165) is 0 Å². The normalized spacial score (nSPS) is 13.5. The Balaban J connectivity index is 2.95. The van der Waals surface area contributed by atoms with Gasteiger partial charge in [-0.05, 0) is 31.5 Å². The monoisotopic (exact) mass is 296 g/mol. The van der Waals surface area contributed by atoms with E-state index in [4.69, 9.17) is 5.26 Å². The quantitative estimate of drug-likeness (QED) is 0.900. The maximum Gasteiger partial charge on any atom is 0.256 e. The minimum Gasteiger partial charge on any atom is -0.507 e. The molecule has 0 radical (unpaired) electrons. The summed E-state index contributed by atoms with van der Waals surface area (Å²) in [5, 5.41) is 21.2. The zero-order valence-electron chi connectivity index (χ0n) is 9.62. The number of rotatable bonds is 3. The minimum atomic E-state index is -0.920. The van der Waals surface area contributed by atoms with Crippen LogP contribution in [-0.4, -0.2) is 16.6 Å². The summed E-state index contributed by atoms with van der Waals surface area (Å²) in [6.45, 7) is 3.45. The van der Waals surface area contributed by atoms with Crippen molar-refractivity contribution in [2.45, 2.75) is 25.8 Å². The molecule has 5 heteroatoms. The summed E-state index contributed by atoms with van der Waals surface area (Å²) in [4.78, 5) is 11.9. The van der Waals surface area contributed by atoms with Crippen LogP contribution in [0.2, 0.25) is 0 Å². The van der Waals surface area contributed by atoms with Gasteiger partial charge in [0.25, 0.3) is 5.91 Å². The Bertz CT molecular complexity index is 482. The maximum absolute atomic E-state index is 11.9. The number of carbonyl (C=O) groups is 1. The highest BCUT2D eigenvalue weighted by Gasteiger charge is 2.25. The average molecular weight is 297 g/mol. The molecule has 0 aromatic heterocycles. The lowest BCUT2D eigenvalue weighted by Crippen LogP contribution is -2.44. The highest BCUT2D eigenvalue weighted by atomic mass is 79.9. The van der Waals surface area contributed by atoms with Crippen LogP contribution in [0.1, 0.15) is 30.6 Å². The Morgan fingerprint density at radius 3 is 2.76 bits per heavy atom. The second-order valence-electron chi connectivity index (χ2n) is 3.91. The lowest BCUT2D eigenvalue weighted by Gasteiger charge is -2.21. The molecule has 0 aliphatic heterocycles. The largest absolute Gasteiger partial charge is 0.507 e. The number of hydrogen-bond donors (Lipinski definition) is 2. The van der Waals surface area contributed by atoms with E-state index in [1.54, 1.807) is 13.0 Å². The van der Waals surface area contributed by atoms with E-state index >= 15 is 0 Å². The van der Waals surface area contributed by atoms with Crippen molar-refractivity contribution in [2.24, 2.45) is 0 Å². The van der Waals surface area contributed by atoms with Gasteiger partial charge in [-0.2, -0.15) is 5.26 Å². The topological polar surface area (TPSA) is 73.1 Å². The predicted molar refractivity (Wildman–Crippen MR) is 67.6 cm³/mol. The minimum absolute atomic E-state index is 0.117. The standard InChI is InChI=1S/C12H13BrN2O2/c1-3-12(2,7-14)15-11(17)9-5-4-8(13)6-10(9)16/h4-6,16H,3H2,1-2H3,(H,15,17). The third-order valence-electron chi connectivity index (χ3n) is 2.55. The van der Waals surface area contributed by atoms with E-state index < -0.39 is 11.4 Å². The number of phenols is 1. The molecule has 4 nitrogen and oxygen atoms in total. The van der Waals surface area contributed by atoms with Gasteiger partial charge in [-0.3, -0.25) is 4.79 Å². The molecule has 0 saturated heterocycles. The van der Waals surface area contributed by atoms with Gasteiger partial charge in [0.2, 0.25) is 0 Å². The molecule has 2 N–H and O–H groups in total. The van der Waals surface area contributed by atoms with E-state index in [-0.39, 0.29) is 11.3 Å². The first-order valence-electron chi connectivity index (χ1n) is 5.14. The van der Waals surface area contributed by atoms with Crippen LogP contribution in [0.3, 0.4) is 0 Å². The predicted octanol–water partition coefficient (Wildman–Crippen LogP) is 2.58. The Hall–Kier alpha value is -1.54. The second kappa shape index (κ2) is 5.19. The van der Waals surface area contributed by atoms with Gasteiger partial charge >= 0.3 is 0 Å². The van der Waals surface area contributed by atoms with Crippen LogP contribution in [0, 0.1) is 11.3 Å². The molecule has 1 aromatic carbocycles. The first-order valence-corrected chi connectivity index (χ1v) is 5.93. The number of aromatic hydroxyl groups is 1. The third-order valence-corrected chi connectivity index (χ3v) is 3.04. The third kappa shape index (κ3) is 3.21. The van der Waals surface area contributed by atoms with Crippen molar-refractivity contribution in [1.29, 1.82) is 5.26 Å². The highest BCUT2D eigenvalue weighted by Crippen LogP contribution is 2.23. The number of nitriles is 1. The number of phenolic OH excluding ortho intramolecular Hbond substituents is 1. The van der Waals surface area contributed by atoms with Crippen molar-refractivity contribution in [1.82, 2.24) is 5.32 Å². The number of benzene rings is 1. The first-order chi connectivity index (χ1) is 7.91. The van der Waals surface area contributed by atoms with Gasteiger partial charge in [0, 0.05) is 4.47 Å².